The van der Waals surface area contributed by atoms with Crippen molar-refractivity contribution >= 4 is 11.8 Å². The van der Waals surface area contributed by atoms with Gasteiger partial charge in [-0.3, -0.25) is 0 Å². The van der Waals surface area contributed by atoms with E-state index in [2.05, 4.69) is 0 Å². The van der Waals surface area contributed by atoms with Crippen molar-refractivity contribution in [2.75, 3.05) is 0 Å². The Hall–Kier alpha value is -0.243. The van der Waals surface area contributed by atoms with E-state index in [0.717, 1.165) is 12.1 Å². The van der Waals surface area contributed by atoms with Crippen molar-refractivity contribution in [1.82, 2.24) is 0 Å². The average Bonchev–Trinajstić information content (AvgIpc) is 1.91. The van der Waals surface area contributed by atoms with Crippen LogP contribution in [0.4, 0.5) is 13.2 Å². The van der Waals surface area contributed by atoms with Gasteiger partial charge >= 0.3 is 24.4 Å². The van der Waals surface area contributed by atoms with Crippen LogP contribution in [0.2, 0.25) is 0 Å². The zero-order chi connectivity index (χ0) is 9.19. The molecule has 0 aliphatic rings. The maximum absolute atomic E-state index is 11.7. The molecule has 0 saturated carbocycles. The second-order valence-electron chi connectivity index (χ2n) is 1.99. The minimum atomic E-state index is -4.39. The summed E-state index contributed by atoms with van der Waals surface area (Å²) >= 11 is -0.385. The Labute approximate surface area is 89.5 Å². The Bertz CT molecular complexity index is 277. The van der Waals surface area contributed by atoms with Gasteiger partial charge in [0.1, 0.15) is 0 Å². The Morgan fingerprint density at radius 2 is 1.69 bits per heavy atom. The number of para-hydroxylation sites is 1. The fraction of sp³-hybridized carbons (Fsp3) is 0.143. The molecule has 0 N–H and O–H groups in total. The number of hydrogen-bond donors (Lipinski definition) is 0. The molecule has 0 aliphatic carbocycles. The SMILES string of the molecule is [Li+].[O-]c1ccccc1SC(F)(F)F. The maximum atomic E-state index is 11.7. The van der Waals surface area contributed by atoms with E-state index in [4.69, 9.17) is 0 Å². The predicted octanol–water partition coefficient (Wildman–Crippen LogP) is -0.624. The van der Waals surface area contributed by atoms with Crippen LogP contribution in [-0.2, 0) is 0 Å². The number of thioether (sulfide) groups is 1. The number of hydrogen-bond acceptors (Lipinski definition) is 2. The van der Waals surface area contributed by atoms with E-state index in [1.54, 1.807) is 0 Å². The summed E-state index contributed by atoms with van der Waals surface area (Å²) in [4.78, 5) is -0.287. The summed E-state index contributed by atoms with van der Waals surface area (Å²) in [5.41, 5.74) is -4.39. The van der Waals surface area contributed by atoms with Crippen LogP contribution >= 0.6 is 11.8 Å². The van der Waals surface area contributed by atoms with Crippen molar-refractivity contribution in [3.63, 3.8) is 0 Å². The molecule has 0 saturated heterocycles. The first kappa shape index (κ1) is 12.8. The molecule has 0 radical (unpaired) electrons. The first-order chi connectivity index (χ1) is 5.49. The molecule has 0 atom stereocenters. The van der Waals surface area contributed by atoms with Gasteiger partial charge in [-0.2, -0.15) is 13.2 Å². The van der Waals surface area contributed by atoms with Crippen LogP contribution in [0, 0.1) is 0 Å². The molecule has 13 heavy (non-hydrogen) atoms. The molecule has 0 fully saturated rings. The number of benzene rings is 1. The van der Waals surface area contributed by atoms with Crippen LogP contribution in [0.15, 0.2) is 29.2 Å². The molecule has 6 heteroatoms. The van der Waals surface area contributed by atoms with E-state index in [0.29, 0.717) is 0 Å². The minimum absolute atomic E-state index is 0. The van der Waals surface area contributed by atoms with Gasteiger partial charge in [0.15, 0.2) is 0 Å². The first-order valence-corrected chi connectivity index (χ1v) is 3.82. The third-order valence-electron chi connectivity index (χ3n) is 1.07. The van der Waals surface area contributed by atoms with Crippen LogP contribution in [0.3, 0.4) is 0 Å². The predicted molar refractivity (Wildman–Crippen MR) is 37.8 cm³/mol. The molecule has 0 spiro atoms. The Morgan fingerprint density at radius 3 is 2.15 bits per heavy atom. The molecule has 0 amide bonds. The topological polar surface area (TPSA) is 23.1 Å². The van der Waals surface area contributed by atoms with Crippen molar-refractivity contribution in [2.24, 2.45) is 0 Å². The molecular weight excluding hydrogens is 196 g/mol. The van der Waals surface area contributed by atoms with Crippen molar-refractivity contribution in [3.8, 4) is 5.75 Å². The molecule has 1 rings (SSSR count). The van der Waals surface area contributed by atoms with E-state index in [1.807, 2.05) is 0 Å². The summed E-state index contributed by atoms with van der Waals surface area (Å²) in [5.74, 6) is -0.597. The standard InChI is InChI=1S/C7H5F3OS.Li/c8-7(9,10)12-6-4-2-1-3-5(6)11;/h1-4,11H;/q;+1/p-1. The molecule has 1 aromatic rings. The second kappa shape index (κ2) is 4.85. The molecule has 0 aliphatic heterocycles. The van der Waals surface area contributed by atoms with Crippen LogP contribution in [0.25, 0.3) is 0 Å². The first-order valence-electron chi connectivity index (χ1n) is 3.01. The zero-order valence-electron chi connectivity index (χ0n) is 6.76. The maximum Gasteiger partial charge on any atom is 1.00 e. The van der Waals surface area contributed by atoms with E-state index in [9.17, 15) is 18.3 Å². The molecule has 0 unspecified atom stereocenters. The van der Waals surface area contributed by atoms with Crippen LogP contribution < -0.4 is 24.0 Å². The summed E-state index contributed by atoms with van der Waals surface area (Å²) in [6.45, 7) is 0. The van der Waals surface area contributed by atoms with Crippen LogP contribution in [-0.4, -0.2) is 5.51 Å². The van der Waals surface area contributed by atoms with Gasteiger partial charge in [0.05, 0.1) is 0 Å². The second-order valence-corrected chi connectivity index (χ2v) is 3.10. The summed E-state index contributed by atoms with van der Waals surface area (Å²) in [6, 6.07) is 5.06. The monoisotopic (exact) mass is 200 g/mol. The molecule has 0 bridgehead atoms. The van der Waals surface area contributed by atoms with Gasteiger partial charge in [-0.1, -0.05) is 23.9 Å². The van der Waals surface area contributed by atoms with Crippen molar-refractivity contribution < 1.29 is 37.1 Å². The number of alkyl halides is 3. The quantitative estimate of drug-likeness (QED) is 0.445. The van der Waals surface area contributed by atoms with E-state index < -0.39 is 11.3 Å². The van der Waals surface area contributed by atoms with Gasteiger partial charge in [0.2, 0.25) is 0 Å². The third kappa shape index (κ3) is 4.51. The molecule has 0 aromatic heterocycles. The number of halogens is 3. The van der Waals surface area contributed by atoms with E-state index in [-0.39, 0.29) is 35.5 Å². The van der Waals surface area contributed by atoms with Gasteiger partial charge < -0.3 is 5.11 Å². The Morgan fingerprint density at radius 1 is 1.15 bits per heavy atom. The Balaban J connectivity index is 0.00000144. The van der Waals surface area contributed by atoms with Gasteiger partial charge in [-0.05, 0) is 17.8 Å². The van der Waals surface area contributed by atoms with Gasteiger partial charge in [-0.15, -0.1) is 0 Å². The van der Waals surface area contributed by atoms with Gasteiger partial charge in [-0.25, -0.2) is 0 Å². The minimum Gasteiger partial charge on any atom is -0.872 e. The molecular formula is C7H4F3LiOS. The third-order valence-corrected chi connectivity index (χ3v) is 1.86. The summed E-state index contributed by atoms with van der Waals surface area (Å²) < 4.78 is 35.2. The van der Waals surface area contributed by atoms with Crippen LogP contribution in [0.5, 0.6) is 5.75 Å². The molecule has 0 heterocycles. The van der Waals surface area contributed by atoms with Crippen molar-refractivity contribution in [3.05, 3.63) is 24.3 Å². The molecule has 1 nitrogen and oxygen atoms in total. The molecule has 66 valence electrons. The summed E-state index contributed by atoms with van der Waals surface area (Å²) in [6.07, 6.45) is 0. The zero-order valence-corrected chi connectivity index (χ0v) is 7.58. The average molecular weight is 200 g/mol. The van der Waals surface area contributed by atoms with E-state index >= 15 is 0 Å². The Kier molecular flexibility index (Phi) is 4.75. The summed E-state index contributed by atoms with van der Waals surface area (Å²) in [7, 11) is 0. The summed E-state index contributed by atoms with van der Waals surface area (Å²) in [5, 5.41) is 10.8. The fourth-order valence-electron chi connectivity index (χ4n) is 0.659. The fourth-order valence-corrected chi connectivity index (χ4v) is 1.22. The molecule has 1 aromatic carbocycles. The normalized spacial score (nSPS) is 10.7. The van der Waals surface area contributed by atoms with E-state index in [1.165, 1.54) is 12.1 Å². The van der Waals surface area contributed by atoms with Gasteiger partial charge in [0, 0.05) is 4.90 Å². The van der Waals surface area contributed by atoms with Crippen molar-refractivity contribution in [1.29, 1.82) is 0 Å². The largest absolute Gasteiger partial charge is 1.00 e. The smallest absolute Gasteiger partial charge is 0.872 e. The van der Waals surface area contributed by atoms with Crippen LogP contribution in [0.1, 0.15) is 0 Å². The number of rotatable bonds is 1. The van der Waals surface area contributed by atoms with Crippen molar-refractivity contribution in [2.45, 2.75) is 10.4 Å². The van der Waals surface area contributed by atoms with Gasteiger partial charge in [0.25, 0.3) is 0 Å².